The number of anilines is 1. The van der Waals surface area contributed by atoms with Crippen molar-refractivity contribution in [2.45, 2.75) is 19.0 Å². The van der Waals surface area contributed by atoms with Crippen LogP contribution in [0.2, 0.25) is 0 Å². The van der Waals surface area contributed by atoms with E-state index in [-0.39, 0.29) is 18.5 Å². The molecule has 31 heavy (non-hydrogen) atoms. The Bertz CT molecular complexity index is 1180. The molecule has 7 nitrogen and oxygen atoms in total. The lowest BCUT2D eigenvalue weighted by Gasteiger charge is -2.27. The molecular formula is C23H16FN3O4. The Hall–Kier alpha value is -4.25. The van der Waals surface area contributed by atoms with E-state index in [2.05, 4.69) is 0 Å². The largest absolute Gasteiger partial charge is 0.467 e. The first kappa shape index (κ1) is 20.0. The topological polar surface area (TPSA) is 94.6 Å². The maximum Gasteiger partial charge on any atom is 0.257 e. The van der Waals surface area contributed by atoms with Crippen LogP contribution in [0.1, 0.15) is 28.1 Å². The van der Waals surface area contributed by atoms with E-state index in [1.165, 1.54) is 48.7 Å². The summed E-state index contributed by atoms with van der Waals surface area (Å²) in [5.74, 6) is -2.15. The number of hydrogen-bond acceptors (Lipinski definition) is 5. The van der Waals surface area contributed by atoms with Crippen molar-refractivity contribution >= 4 is 23.4 Å². The Morgan fingerprint density at radius 1 is 1.13 bits per heavy atom. The molecule has 0 aliphatic carbocycles. The molecule has 0 bridgehead atoms. The summed E-state index contributed by atoms with van der Waals surface area (Å²) >= 11 is 0. The average molecular weight is 417 g/mol. The van der Waals surface area contributed by atoms with Crippen molar-refractivity contribution in [3.63, 3.8) is 0 Å². The molecule has 3 amide bonds. The molecule has 8 heteroatoms. The molecule has 4 rings (SSSR count). The lowest BCUT2D eigenvalue weighted by Crippen LogP contribution is -2.45. The minimum absolute atomic E-state index is 0.106. The second-order valence-electron chi connectivity index (χ2n) is 6.94. The van der Waals surface area contributed by atoms with E-state index in [9.17, 15) is 18.8 Å². The van der Waals surface area contributed by atoms with E-state index in [1.807, 2.05) is 6.07 Å². The minimum atomic E-state index is -1.12. The summed E-state index contributed by atoms with van der Waals surface area (Å²) in [6, 6.07) is 15.5. The lowest BCUT2D eigenvalue weighted by atomic mass is 10.1. The number of halogens is 1. The maximum atomic E-state index is 14.3. The molecule has 1 fully saturated rings. The molecule has 2 aromatic carbocycles. The van der Waals surface area contributed by atoms with Gasteiger partial charge in [0, 0.05) is 0 Å². The molecule has 154 valence electrons. The number of amides is 3. The molecule has 0 radical (unpaired) electrons. The van der Waals surface area contributed by atoms with Crippen molar-refractivity contribution < 1.29 is 23.2 Å². The van der Waals surface area contributed by atoms with Crippen LogP contribution in [0.3, 0.4) is 0 Å². The summed E-state index contributed by atoms with van der Waals surface area (Å²) in [6.07, 6.45) is 1.17. The summed E-state index contributed by atoms with van der Waals surface area (Å²) in [7, 11) is 0. The molecule has 1 atom stereocenters. The molecule has 0 saturated carbocycles. The van der Waals surface area contributed by atoms with Gasteiger partial charge < -0.3 is 9.32 Å². The summed E-state index contributed by atoms with van der Waals surface area (Å²) in [5, 5.41) is 8.95. The van der Waals surface area contributed by atoms with Crippen LogP contribution in [-0.2, 0) is 16.1 Å². The van der Waals surface area contributed by atoms with Gasteiger partial charge in [-0.3, -0.25) is 14.4 Å². The van der Waals surface area contributed by atoms with Gasteiger partial charge in [0.25, 0.3) is 11.8 Å². The van der Waals surface area contributed by atoms with E-state index in [0.717, 1.165) is 15.9 Å². The Morgan fingerprint density at radius 3 is 2.52 bits per heavy atom. The predicted molar refractivity (Wildman–Crippen MR) is 107 cm³/mol. The molecule has 0 N–H and O–H groups in total. The Labute approximate surface area is 176 Å². The van der Waals surface area contributed by atoms with Crippen LogP contribution >= 0.6 is 0 Å². The standard InChI is InChI=1S/C23H16FN3O4/c24-19-6-2-1-5-18(19)22(29)26(14-17-4-3-11-31-17)20-12-21(28)27(23(20)30)16-9-7-15(13-25)8-10-16/h1-11,20H,12,14H2. The molecule has 1 unspecified atom stereocenters. The first-order valence-corrected chi connectivity index (χ1v) is 9.44. The number of carbonyl (C=O) groups excluding carboxylic acids is 3. The van der Waals surface area contributed by atoms with Crippen molar-refractivity contribution in [2.24, 2.45) is 0 Å². The van der Waals surface area contributed by atoms with Crippen LogP contribution in [0, 0.1) is 17.1 Å². The molecule has 1 aliphatic heterocycles. The normalized spacial score (nSPS) is 15.7. The van der Waals surface area contributed by atoms with Gasteiger partial charge in [0.05, 0.1) is 42.1 Å². The zero-order valence-corrected chi connectivity index (χ0v) is 16.2. The monoisotopic (exact) mass is 417 g/mol. The van der Waals surface area contributed by atoms with Gasteiger partial charge in [0.2, 0.25) is 5.91 Å². The summed E-state index contributed by atoms with van der Waals surface area (Å²) in [5.41, 5.74) is 0.479. The van der Waals surface area contributed by atoms with Gasteiger partial charge in [-0.2, -0.15) is 5.26 Å². The third kappa shape index (κ3) is 3.81. The number of hydrogen-bond donors (Lipinski definition) is 0. The SMILES string of the molecule is N#Cc1ccc(N2C(=O)CC(N(Cc3ccco3)C(=O)c3ccccc3F)C2=O)cc1. The summed E-state index contributed by atoms with van der Waals surface area (Å²) in [4.78, 5) is 41.2. The molecular weight excluding hydrogens is 401 g/mol. The van der Waals surface area contributed by atoms with Crippen molar-refractivity contribution in [1.29, 1.82) is 5.26 Å². The van der Waals surface area contributed by atoms with Gasteiger partial charge in [-0.15, -0.1) is 0 Å². The molecule has 0 spiro atoms. The number of nitrogens with zero attached hydrogens (tertiary/aromatic N) is 3. The van der Waals surface area contributed by atoms with Crippen LogP contribution in [0.4, 0.5) is 10.1 Å². The number of carbonyl (C=O) groups is 3. The zero-order valence-electron chi connectivity index (χ0n) is 16.2. The smallest absolute Gasteiger partial charge is 0.257 e. The van der Waals surface area contributed by atoms with Gasteiger partial charge in [-0.1, -0.05) is 12.1 Å². The van der Waals surface area contributed by atoms with Crippen LogP contribution in [-0.4, -0.2) is 28.7 Å². The Balaban J connectivity index is 1.68. The maximum absolute atomic E-state index is 14.3. The van der Waals surface area contributed by atoms with E-state index in [4.69, 9.17) is 9.68 Å². The second kappa shape index (κ2) is 8.24. The van der Waals surface area contributed by atoms with Gasteiger partial charge in [0.1, 0.15) is 17.6 Å². The van der Waals surface area contributed by atoms with Crippen LogP contribution < -0.4 is 4.90 Å². The lowest BCUT2D eigenvalue weighted by molar-refractivity contribution is -0.122. The predicted octanol–water partition coefficient (Wildman–Crippen LogP) is 3.26. The molecule has 1 aromatic heterocycles. The first-order valence-electron chi connectivity index (χ1n) is 9.44. The van der Waals surface area contributed by atoms with Crippen molar-refractivity contribution in [2.75, 3.05) is 4.90 Å². The highest BCUT2D eigenvalue weighted by Crippen LogP contribution is 2.28. The van der Waals surface area contributed by atoms with E-state index in [1.54, 1.807) is 12.1 Å². The van der Waals surface area contributed by atoms with Gasteiger partial charge >= 0.3 is 0 Å². The highest BCUT2D eigenvalue weighted by molar-refractivity contribution is 6.23. The molecule has 3 aromatic rings. The number of benzene rings is 2. The van der Waals surface area contributed by atoms with Crippen LogP contribution in [0.15, 0.2) is 71.3 Å². The molecule has 2 heterocycles. The minimum Gasteiger partial charge on any atom is -0.467 e. The zero-order chi connectivity index (χ0) is 22.0. The number of furan rings is 1. The molecule has 1 aliphatic rings. The molecule has 1 saturated heterocycles. The van der Waals surface area contributed by atoms with E-state index in [0.29, 0.717) is 17.0 Å². The van der Waals surface area contributed by atoms with Gasteiger partial charge in [-0.05, 0) is 48.5 Å². The van der Waals surface area contributed by atoms with Crippen LogP contribution in [0.25, 0.3) is 0 Å². The number of nitriles is 1. The average Bonchev–Trinajstić information content (AvgIpc) is 3.39. The fraction of sp³-hybridized carbons (Fsp3) is 0.130. The summed E-state index contributed by atoms with van der Waals surface area (Å²) in [6.45, 7) is -0.106. The van der Waals surface area contributed by atoms with Crippen molar-refractivity contribution in [1.82, 2.24) is 4.90 Å². The number of imide groups is 1. The quantitative estimate of drug-likeness (QED) is 0.594. The summed E-state index contributed by atoms with van der Waals surface area (Å²) < 4.78 is 19.6. The highest BCUT2D eigenvalue weighted by Gasteiger charge is 2.45. The third-order valence-corrected chi connectivity index (χ3v) is 5.03. The number of rotatable bonds is 5. The van der Waals surface area contributed by atoms with Gasteiger partial charge in [0.15, 0.2) is 0 Å². The Kier molecular flexibility index (Phi) is 5.33. The Morgan fingerprint density at radius 2 is 1.87 bits per heavy atom. The van der Waals surface area contributed by atoms with Crippen molar-refractivity contribution in [3.05, 3.63) is 89.6 Å². The first-order chi connectivity index (χ1) is 15.0. The fourth-order valence-corrected chi connectivity index (χ4v) is 3.50. The van der Waals surface area contributed by atoms with Crippen LogP contribution in [0.5, 0.6) is 0 Å². The van der Waals surface area contributed by atoms with E-state index >= 15 is 0 Å². The van der Waals surface area contributed by atoms with E-state index < -0.39 is 29.6 Å². The second-order valence-corrected chi connectivity index (χ2v) is 6.94. The fourth-order valence-electron chi connectivity index (χ4n) is 3.50. The third-order valence-electron chi connectivity index (χ3n) is 5.03. The highest BCUT2D eigenvalue weighted by atomic mass is 19.1. The van der Waals surface area contributed by atoms with Crippen molar-refractivity contribution in [3.8, 4) is 6.07 Å². The van der Waals surface area contributed by atoms with Gasteiger partial charge in [-0.25, -0.2) is 9.29 Å².